The molecule has 0 bridgehead atoms. The molecule has 0 fully saturated rings. The van der Waals surface area contributed by atoms with Gasteiger partial charge in [-0.25, -0.2) is 0 Å². The SMILES string of the molecule is Cc1cc(Cl)ccc1N(C)C(c1ccc(Cl)c(Cl)c1)c1ccc2cccnc2c1O. The number of fused-ring (bicyclic) bond motifs is 1. The molecule has 152 valence electrons. The Labute approximate surface area is 190 Å². The molecule has 1 unspecified atom stereocenters. The number of aromatic hydroxyl groups is 1. The highest BCUT2D eigenvalue weighted by Crippen LogP contribution is 2.41. The van der Waals surface area contributed by atoms with E-state index in [1.54, 1.807) is 12.3 Å². The molecule has 3 nitrogen and oxygen atoms in total. The van der Waals surface area contributed by atoms with Crippen molar-refractivity contribution in [3.8, 4) is 5.75 Å². The van der Waals surface area contributed by atoms with Crippen molar-refractivity contribution < 1.29 is 5.11 Å². The smallest absolute Gasteiger partial charge is 0.147 e. The zero-order valence-electron chi connectivity index (χ0n) is 16.4. The first kappa shape index (κ1) is 20.8. The monoisotopic (exact) mass is 456 g/mol. The first-order chi connectivity index (χ1) is 14.4. The van der Waals surface area contributed by atoms with Crippen molar-refractivity contribution in [1.29, 1.82) is 0 Å². The molecule has 6 heteroatoms. The van der Waals surface area contributed by atoms with Crippen molar-refractivity contribution >= 4 is 51.4 Å². The van der Waals surface area contributed by atoms with Gasteiger partial charge < -0.3 is 10.0 Å². The Kier molecular flexibility index (Phi) is 5.79. The summed E-state index contributed by atoms with van der Waals surface area (Å²) in [7, 11) is 1.98. The second-order valence-electron chi connectivity index (χ2n) is 7.20. The van der Waals surface area contributed by atoms with Crippen LogP contribution in [0.5, 0.6) is 5.75 Å². The highest BCUT2D eigenvalue weighted by molar-refractivity contribution is 6.42. The predicted molar refractivity (Wildman–Crippen MR) is 126 cm³/mol. The van der Waals surface area contributed by atoms with E-state index >= 15 is 0 Å². The van der Waals surface area contributed by atoms with Gasteiger partial charge in [0.1, 0.15) is 11.3 Å². The van der Waals surface area contributed by atoms with Crippen LogP contribution in [0.25, 0.3) is 10.9 Å². The number of halogens is 3. The van der Waals surface area contributed by atoms with Gasteiger partial charge in [-0.1, -0.05) is 59.1 Å². The summed E-state index contributed by atoms with van der Waals surface area (Å²) in [6.45, 7) is 2.01. The van der Waals surface area contributed by atoms with Crippen LogP contribution in [0.4, 0.5) is 5.69 Å². The summed E-state index contributed by atoms with van der Waals surface area (Å²) in [4.78, 5) is 6.47. The fraction of sp³-hybridized carbons (Fsp3) is 0.125. The molecule has 1 N–H and O–H groups in total. The van der Waals surface area contributed by atoms with Gasteiger partial charge in [0.25, 0.3) is 0 Å². The number of aromatic nitrogens is 1. The zero-order valence-corrected chi connectivity index (χ0v) is 18.7. The zero-order chi connectivity index (χ0) is 21.4. The number of nitrogens with zero attached hydrogens (tertiary/aromatic N) is 2. The van der Waals surface area contributed by atoms with E-state index in [9.17, 15) is 5.11 Å². The van der Waals surface area contributed by atoms with Gasteiger partial charge in [-0.15, -0.1) is 0 Å². The van der Waals surface area contributed by atoms with Crippen molar-refractivity contribution in [2.24, 2.45) is 0 Å². The third-order valence-corrected chi connectivity index (χ3v) is 6.23. The summed E-state index contributed by atoms with van der Waals surface area (Å²) < 4.78 is 0. The molecule has 0 radical (unpaired) electrons. The molecule has 4 rings (SSSR count). The summed E-state index contributed by atoms with van der Waals surface area (Å²) in [5, 5.41) is 13.6. The van der Waals surface area contributed by atoms with Gasteiger partial charge in [-0.05, 0) is 54.4 Å². The lowest BCUT2D eigenvalue weighted by Crippen LogP contribution is -2.26. The number of hydrogen-bond donors (Lipinski definition) is 1. The maximum absolute atomic E-state index is 11.1. The Hall–Kier alpha value is -2.46. The van der Waals surface area contributed by atoms with E-state index in [4.69, 9.17) is 34.8 Å². The van der Waals surface area contributed by atoms with Crippen molar-refractivity contribution in [1.82, 2.24) is 4.98 Å². The van der Waals surface area contributed by atoms with Gasteiger partial charge in [-0.2, -0.15) is 0 Å². The lowest BCUT2D eigenvalue weighted by atomic mass is 9.94. The van der Waals surface area contributed by atoms with Crippen LogP contribution < -0.4 is 4.90 Å². The summed E-state index contributed by atoms with van der Waals surface area (Å²) in [5.41, 5.74) is 4.18. The van der Waals surface area contributed by atoms with E-state index in [1.807, 2.05) is 68.6 Å². The van der Waals surface area contributed by atoms with E-state index in [1.165, 1.54) is 0 Å². The minimum Gasteiger partial charge on any atom is -0.505 e. The lowest BCUT2D eigenvalue weighted by molar-refractivity contribution is 0.469. The molecule has 0 saturated heterocycles. The van der Waals surface area contributed by atoms with Crippen molar-refractivity contribution in [2.45, 2.75) is 13.0 Å². The van der Waals surface area contributed by atoms with Crippen LogP contribution in [0.1, 0.15) is 22.7 Å². The minimum atomic E-state index is -0.328. The van der Waals surface area contributed by atoms with Crippen molar-refractivity contribution in [3.05, 3.63) is 98.6 Å². The Bertz CT molecular complexity index is 1240. The maximum atomic E-state index is 11.1. The number of benzene rings is 3. The Balaban J connectivity index is 1.94. The van der Waals surface area contributed by atoms with E-state index in [0.717, 1.165) is 27.8 Å². The molecule has 0 amide bonds. The highest BCUT2D eigenvalue weighted by Gasteiger charge is 2.25. The quantitative estimate of drug-likeness (QED) is 0.346. The highest BCUT2D eigenvalue weighted by atomic mass is 35.5. The van der Waals surface area contributed by atoms with E-state index in [-0.39, 0.29) is 11.8 Å². The molecule has 0 spiro atoms. The fourth-order valence-corrected chi connectivity index (χ4v) is 4.35. The van der Waals surface area contributed by atoms with Crippen molar-refractivity contribution in [3.63, 3.8) is 0 Å². The molecule has 4 aromatic rings. The van der Waals surface area contributed by atoms with Gasteiger partial charge in [0.2, 0.25) is 0 Å². The van der Waals surface area contributed by atoms with Crippen LogP contribution >= 0.6 is 34.8 Å². The summed E-state index contributed by atoms with van der Waals surface area (Å²) >= 11 is 18.7. The number of pyridine rings is 1. The van der Waals surface area contributed by atoms with Crippen molar-refractivity contribution in [2.75, 3.05) is 11.9 Å². The molecule has 1 aromatic heterocycles. The normalized spacial score (nSPS) is 12.2. The number of phenols is 1. The summed E-state index contributed by atoms with van der Waals surface area (Å²) in [5.74, 6) is 0.141. The molecule has 0 aliphatic carbocycles. The Morgan fingerprint density at radius 3 is 2.47 bits per heavy atom. The first-order valence-corrected chi connectivity index (χ1v) is 10.5. The number of phenolic OH excluding ortho intramolecular Hbond substituents is 1. The van der Waals surface area contributed by atoms with Gasteiger partial charge in [0.05, 0.1) is 16.1 Å². The predicted octanol–water partition coefficient (Wildman–Crippen LogP) is 7.43. The van der Waals surface area contributed by atoms with Crippen LogP contribution in [0, 0.1) is 6.92 Å². The average Bonchev–Trinajstić information content (AvgIpc) is 2.72. The lowest BCUT2D eigenvalue weighted by Gasteiger charge is -2.33. The Morgan fingerprint density at radius 2 is 1.73 bits per heavy atom. The number of aryl methyl sites for hydroxylation is 1. The van der Waals surface area contributed by atoms with E-state index < -0.39 is 0 Å². The maximum Gasteiger partial charge on any atom is 0.147 e. The largest absolute Gasteiger partial charge is 0.505 e. The van der Waals surface area contributed by atoms with Crippen LogP contribution in [-0.2, 0) is 0 Å². The molecule has 30 heavy (non-hydrogen) atoms. The standard InChI is InChI=1S/C24H19Cl3N2O/c1-14-12-17(25)7-10-21(14)29(2)23(16-6-9-19(26)20(27)13-16)18-8-5-15-4-3-11-28-22(15)24(18)30/h3-13,23,30H,1-2H3. The topological polar surface area (TPSA) is 36.4 Å². The minimum absolute atomic E-state index is 0.141. The Morgan fingerprint density at radius 1 is 0.933 bits per heavy atom. The third-order valence-electron chi connectivity index (χ3n) is 5.26. The van der Waals surface area contributed by atoms with Gasteiger partial charge in [-0.3, -0.25) is 4.98 Å². The van der Waals surface area contributed by atoms with Gasteiger partial charge in [0.15, 0.2) is 0 Å². The van der Waals surface area contributed by atoms with Crippen LogP contribution in [0.3, 0.4) is 0 Å². The van der Waals surface area contributed by atoms with Crippen LogP contribution in [-0.4, -0.2) is 17.1 Å². The number of hydrogen-bond acceptors (Lipinski definition) is 3. The summed E-state index contributed by atoms with van der Waals surface area (Å²) in [6.07, 6.45) is 1.67. The fourth-order valence-electron chi connectivity index (χ4n) is 3.81. The third kappa shape index (κ3) is 3.81. The molecule has 3 aromatic carbocycles. The van der Waals surface area contributed by atoms with Crippen LogP contribution in [0.2, 0.25) is 15.1 Å². The second kappa shape index (κ2) is 8.35. The average molecular weight is 458 g/mol. The second-order valence-corrected chi connectivity index (χ2v) is 8.45. The molecular formula is C24H19Cl3N2O. The molecule has 0 saturated carbocycles. The number of anilines is 1. The van der Waals surface area contributed by atoms with Gasteiger partial charge in [0, 0.05) is 34.9 Å². The number of rotatable bonds is 4. The molecule has 0 aliphatic rings. The van der Waals surface area contributed by atoms with Gasteiger partial charge >= 0.3 is 0 Å². The van der Waals surface area contributed by atoms with E-state index in [2.05, 4.69) is 9.88 Å². The van der Waals surface area contributed by atoms with Crippen LogP contribution in [0.15, 0.2) is 66.9 Å². The first-order valence-electron chi connectivity index (χ1n) is 9.37. The van der Waals surface area contributed by atoms with E-state index in [0.29, 0.717) is 20.6 Å². The molecule has 1 atom stereocenters. The molecule has 0 aliphatic heterocycles. The summed E-state index contributed by atoms with van der Waals surface area (Å²) in [6, 6.07) is 18.6. The molecule has 1 heterocycles. The molecular weight excluding hydrogens is 439 g/mol.